The summed E-state index contributed by atoms with van der Waals surface area (Å²) in [7, 11) is 0. The fourth-order valence-electron chi connectivity index (χ4n) is 4.51. The number of amides is 1. The largest absolute Gasteiger partial charge is 0.465 e. The van der Waals surface area contributed by atoms with Crippen molar-refractivity contribution in [2.24, 2.45) is 5.41 Å². The van der Waals surface area contributed by atoms with Gasteiger partial charge in [-0.15, -0.1) is 0 Å². The van der Waals surface area contributed by atoms with Crippen LogP contribution in [0.4, 0.5) is 0 Å². The van der Waals surface area contributed by atoms with Crippen molar-refractivity contribution in [1.82, 2.24) is 19.8 Å². The Morgan fingerprint density at radius 2 is 2.00 bits per heavy atom. The van der Waals surface area contributed by atoms with Crippen LogP contribution in [-0.2, 0) is 17.9 Å². The van der Waals surface area contributed by atoms with Crippen molar-refractivity contribution in [3.8, 4) is 0 Å². The fraction of sp³-hybridized carbons (Fsp3) is 0.571. The molecule has 2 aromatic heterocycles. The molecule has 0 unspecified atom stereocenters. The summed E-state index contributed by atoms with van der Waals surface area (Å²) >= 11 is 0. The normalized spacial score (nSPS) is 23.9. The quantitative estimate of drug-likeness (QED) is 0.830. The summed E-state index contributed by atoms with van der Waals surface area (Å²) in [6.07, 6.45) is 7.53. The SMILES string of the molecule is Cc1cnc(CN2C[C@@]3(CCCN(Cc4ccc(C)o4)C3)CCC2=O)cn1. The third kappa shape index (κ3) is 4.21. The number of rotatable bonds is 4. The van der Waals surface area contributed by atoms with E-state index in [4.69, 9.17) is 4.42 Å². The third-order valence-corrected chi connectivity index (χ3v) is 5.85. The molecule has 0 bridgehead atoms. The van der Waals surface area contributed by atoms with Gasteiger partial charge in [0.05, 0.1) is 30.7 Å². The Labute approximate surface area is 160 Å². The van der Waals surface area contributed by atoms with Crippen LogP contribution in [0.25, 0.3) is 0 Å². The van der Waals surface area contributed by atoms with E-state index in [-0.39, 0.29) is 11.3 Å². The zero-order valence-electron chi connectivity index (χ0n) is 16.3. The van der Waals surface area contributed by atoms with Gasteiger partial charge in [0.25, 0.3) is 0 Å². The molecule has 2 aliphatic heterocycles. The van der Waals surface area contributed by atoms with Gasteiger partial charge >= 0.3 is 0 Å². The number of carbonyl (C=O) groups is 1. The minimum atomic E-state index is 0.186. The summed E-state index contributed by atoms with van der Waals surface area (Å²) in [6.45, 7) is 8.26. The van der Waals surface area contributed by atoms with Crippen LogP contribution >= 0.6 is 0 Å². The maximum absolute atomic E-state index is 12.5. The Hall–Kier alpha value is -2.21. The van der Waals surface area contributed by atoms with E-state index in [0.29, 0.717) is 13.0 Å². The highest BCUT2D eigenvalue weighted by Crippen LogP contribution is 2.39. The predicted octanol–water partition coefficient (Wildman–Crippen LogP) is 3.09. The summed E-state index contributed by atoms with van der Waals surface area (Å²) in [5.41, 5.74) is 1.95. The molecule has 1 atom stereocenters. The smallest absolute Gasteiger partial charge is 0.222 e. The molecule has 1 spiro atoms. The fourth-order valence-corrected chi connectivity index (χ4v) is 4.51. The summed E-state index contributed by atoms with van der Waals surface area (Å²) in [6, 6.07) is 4.10. The van der Waals surface area contributed by atoms with Gasteiger partial charge in [-0.25, -0.2) is 0 Å². The van der Waals surface area contributed by atoms with Gasteiger partial charge < -0.3 is 9.32 Å². The maximum Gasteiger partial charge on any atom is 0.222 e. The van der Waals surface area contributed by atoms with E-state index in [1.807, 2.05) is 24.8 Å². The number of aromatic nitrogens is 2. The maximum atomic E-state index is 12.5. The number of piperidine rings is 2. The van der Waals surface area contributed by atoms with Gasteiger partial charge in [-0.05, 0) is 51.8 Å². The number of furan rings is 1. The van der Waals surface area contributed by atoms with Gasteiger partial charge in [0.15, 0.2) is 0 Å². The molecule has 2 saturated heterocycles. The van der Waals surface area contributed by atoms with E-state index in [1.54, 1.807) is 12.4 Å². The second kappa shape index (κ2) is 7.43. The van der Waals surface area contributed by atoms with E-state index in [2.05, 4.69) is 20.9 Å². The van der Waals surface area contributed by atoms with Crippen molar-refractivity contribution in [3.05, 3.63) is 47.4 Å². The highest BCUT2D eigenvalue weighted by Gasteiger charge is 2.41. The van der Waals surface area contributed by atoms with Crippen LogP contribution < -0.4 is 0 Å². The molecular formula is C21H28N4O2. The second-order valence-corrected chi connectivity index (χ2v) is 8.23. The first kappa shape index (κ1) is 18.2. The highest BCUT2D eigenvalue weighted by atomic mass is 16.3. The molecule has 4 rings (SSSR count). The molecule has 2 fully saturated rings. The molecule has 0 N–H and O–H groups in total. The number of nitrogens with zero attached hydrogens (tertiary/aromatic N) is 4. The van der Waals surface area contributed by atoms with Gasteiger partial charge in [-0.3, -0.25) is 19.7 Å². The lowest BCUT2D eigenvalue weighted by molar-refractivity contribution is -0.140. The topological polar surface area (TPSA) is 62.5 Å². The van der Waals surface area contributed by atoms with Crippen molar-refractivity contribution in [1.29, 1.82) is 0 Å². The minimum absolute atomic E-state index is 0.186. The Bertz CT molecular complexity index is 801. The summed E-state index contributed by atoms with van der Waals surface area (Å²) in [5.74, 6) is 2.23. The first-order chi connectivity index (χ1) is 13.0. The van der Waals surface area contributed by atoms with Crippen LogP contribution in [0.3, 0.4) is 0 Å². The average Bonchev–Trinajstić information content (AvgIpc) is 3.05. The van der Waals surface area contributed by atoms with E-state index in [1.165, 1.54) is 12.8 Å². The van der Waals surface area contributed by atoms with Crippen LogP contribution in [0.5, 0.6) is 0 Å². The van der Waals surface area contributed by atoms with Crippen LogP contribution in [0.1, 0.15) is 48.6 Å². The van der Waals surface area contributed by atoms with E-state index in [9.17, 15) is 4.79 Å². The molecule has 6 nitrogen and oxygen atoms in total. The number of hydrogen-bond donors (Lipinski definition) is 0. The first-order valence-corrected chi connectivity index (χ1v) is 9.84. The number of likely N-dealkylation sites (tertiary alicyclic amines) is 2. The van der Waals surface area contributed by atoms with Gasteiger partial charge in [-0.1, -0.05) is 0 Å². The molecule has 2 aromatic rings. The van der Waals surface area contributed by atoms with Crippen LogP contribution in [0.15, 0.2) is 28.9 Å². The molecule has 0 aromatic carbocycles. The van der Waals surface area contributed by atoms with E-state index >= 15 is 0 Å². The van der Waals surface area contributed by atoms with E-state index < -0.39 is 0 Å². The Balaban J connectivity index is 1.43. The van der Waals surface area contributed by atoms with Gasteiger partial charge in [0.1, 0.15) is 11.5 Å². The molecule has 2 aliphatic rings. The molecular weight excluding hydrogens is 340 g/mol. The molecule has 0 aliphatic carbocycles. The summed E-state index contributed by atoms with van der Waals surface area (Å²) in [4.78, 5) is 25.7. The number of hydrogen-bond acceptors (Lipinski definition) is 5. The second-order valence-electron chi connectivity index (χ2n) is 8.23. The molecule has 4 heterocycles. The molecule has 0 saturated carbocycles. The standard InChI is InChI=1S/C21H28N4O2/c1-16-10-23-18(11-22-16)12-25-15-21(8-6-20(25)26)7-3-9-24(14-21)13-19-5-4-17(2)27-19/h4-5,10-11H,3,6-9,12-15H2,1-2H3/t21-/m0/s1. The van der Waals surface area contributed by atoms with Crippen molar-refractivity contribution in [3.63, 3.8) is 0 Å². The van der Waals surface area contributed by atoms with Gasteiger partial charge in [0, 0.05) is 31.1 Å². The lowest BCUT2D eigenvalue weighted by Crippen LogP contribution is -2.53. The van der Waals surface area contributed by atoms with E-state index in [0.717, 1.165) is 55.5 Å². The molecule has 6 heteroatoms. The Kier molecular flexibility index (Phi) is 5.00. The monoisotopic (exact) mass is 368 g/mol. The van der Waals surface area contributed by atoms with Crippen LogP contribution in [-0.4, -0.2) is 45.3 Å². The highest BCUT2D eigenvalue weighted by molar-refractivity contribution is 5.77. The zero-order valence-corrected chi connectivity index (χ0v) is 16.3. The molecule has 144 valence electrons. The molecule has 0 radical (unpaired) electrons. The minimum Gasteiger partial charge on any atom is -0.465 e. The first-order valence-electron chi connectivity index (χ1n) is 9.84. The summed E-state index contributed by atoms with van der Waals surface area (Å²) in [5, 5.41) is 0. The van der Waals surface area contributed by atoms with Crippen molar-refractivity contribution >= 4 is 5.91 Å². The van der Waals surface area contributed by atoms with Crippen LogP contribution in [0, 0.1) is 19.3 Å². The van der Waals surface area contributed by atoms with Crippen molar-refractivity contribution in [2.75, 3.05) is 19.6 Å². The van der Waals surface area contributed by atoms with Gasteiger partial charge in [-0.2, -0.15) is 0 Å². The number of carbonyl (C=O) groups excluding carboxylic acids is 1. The molecule has 27 heavy (non-hydrogen) atoms. The lowest BCUT2D eigenvalue weighted by atomic mass is 9.73. The molecule has 1 amide bonds. The van der Waals surface area contributed by atoms with Crippen molar-refractivity contribution < 1.29 is 9.21 Å². The van der Waals surface area contributed by atoms with Crippen molar-refractivity contribution in [2.45, 2.75) is 52.6 Å². The average molecular weight is 368 g/mol. The number of aryl methyl sites for hydroxylation is 2. The predicted molar refractivity (Wildman–Crippen MR) is 102 cm³/mol. The van der Waals surface area contributed by atoms with Gasteiger partial charge in [0.2, 0.25) is 5.91 Å². The Morgan fingerprint density at radius 3 is 2.74 bits per heavy atom. The van der Waals surface area contributed by atoms with Crippen LogP contribution in [0.2, 0.25) is 0 Å². The zero-order chi connectivity index (χ0) is 18.9. The summed E-state index contributed by atoms with van der Waals surface area (Å²) < 4.78 is 5.77. The lowest BCUT2D eigenvalue weighted by Gasteiger charge is -2.48. The third-order valence-electron chi connectivity index (χ3n) is 5.85. The Morgan fingerprint density at radius 1 is 1.11 bits per heavy atom.